The van der Waals surface area contributed by atoms with Crippen LogP contribution < -0.4 is 0 Å². The minimum atomic E-state index is -1.22. The molecule has 0 aliphatic carbocycles. The van der Waals surface area contributed by atoms with Crippen molar-refractivity contribution in [1.29, 1.82) is 10.5 Å². The number of rotatable bonds is 3. The van der Waals surface area contributed by atoms with Crippen LogP contribution in [-0.2, 0) is 0 Å². The zero-order valence-electron chi connectivity index (χ0n) is 8.26. The van der Waals surface area contributed by atoms with Gasteiger partial charge in [0.1, 0.15) is 6.10 Å². The van der Waals surface area contributed by atoms with E-state index in [4.69, 9.17) is 22.1 Å². The van der Waals surface area contributed by atoms with Crippen molar-refractivity contribution in [3.63, 3.8) is 0 Å². The first-order valence-corrected chi connectivity index (χ1v) is 4.90. The van der Waals surface area contributed by atoms with Crippen molar-refractivity contribution >= 4 is 11.6 Å². The van der Waals surface area contributed by atoms with E-state index in [2.05, 4.69) is 0 Å². The monoisotopic (exact) mass is 236 g/mol. The molecule has 82 valence electrons. The SMILES string of the molecule is N#CCC(O)C(O)c1cc(Cl)cc(C#N)c1. The third-order valence-corrected chi connectivity index (χ3v) is 2.27. The maximum absolute atomic E-state index is 9.70. The van der Waals surface area contributed by atoms with E-state index >= 15 is 0 Å². The number of hydrogen-bond acceptors (Lipinski definition) is 4. The Hall–Kier alpha value is -1.59. The molecule has 0 aliphatic rings. The van der Waals surface area contributed by atoms with Crippen LogP contribution in [0.3, 0.4) is 0 Å². The lowest BCUT2D eigenvalue weighted by molar-refractivity contribution is 0.0216. The van der Waals surface area contributed by atoms with Crippen LogP contribution in [0.1, 0.15) is 23.7 Å². The Labute approximate surface area is 97.9 Å². The van der Waals surface area contributed by atoms with Gasteiger partial charge in [0.2, 0.25) is 0 Å². The summed E-state index contributed by atoms with van der Waals surface area (Å²) >= 11 is 5.75. The van der Waals surface area contributed by atoms with E-state index in [1.807, 2.05) is 6.07 Å². The average Bonchev–Trinajstić information content (AvgIpc) is 2.27. The number of hydrogen-bond donors (Lipinski definition) is 2. The lowest BCUT2D eigenvalue weighted by Crippen LogP contribution is -2.17. The quantitative estimate of drug-likeness (QED) is 0.833. The maximum Gasteiger partial charge on any atom is 0.106 e. The van der Waals surface area contributed by atoms with E-state index in [9.17, 15) is 10.2 Å². The molecule has 0 saturated carbocycles. The zero-order valence-corrected chi connectivity index (χ0v) is 9.02. The summed E-state index contributed by atoms with van der Waals surface area (Å²) in [6.07, 6.45) is -2.59. The fourth-order valence-electron chi connectivity index (χ4n) is 1.27. The molecular weight excluding hydrogens is 228 g/mol. The van der Waals surface area contributed by atoms with Crippen LogP contribution >= 0.6 is 11.6 Å². The summed E-state index contributed by atoms with van der Waals surface area (Å²) in [6.45, 7) is 0. The normalized spacial score (nSPS) is 13.6. The van der Waals surface area contributed by atoms with E-state index < -0.39 is 12.2 Å². The van der Waals surface area contributed by atoms with Crippen LogP contribution in [0.5, 0.6) is 0 Å². The van der Waals surface area contributed by atoms with Crippen LogP contribution in [0.25, 0.3) is 0 Å². The maximum atomic E-state index is 9.70. The first kappa shape index (κ1) is 12.5. The molecular formula is C11H9ClN2O2. The largest absolute Gasteiger partial charge is 0.389 e. The second-order valence-corrected chi connectivity index (χ2v) is 3.70. The number of aliphatic hydroxyl groups is 2. The smallest absolute Gasteiger partial charge is 0.106 e. The average molecular weight is 237 g/mol. The summed E-state index contributed by atoms with van der Waals surface area (Å²) in [5.41, 5.74) is 0.623. The van der Waals surface area contributed by atoms with Crippen molar-refractivity contribution in [3.05, 3.63) is 34.3 Å². The van der Waals surface area contributed by atoms with Crippen molar-refractivity contribution in [3.8, 4) is 12.1 Å². The van der Waals surface area contributed by atoms with Gasteiger partial charge in [0.05, 0.1) is 30.2 Å². The van der Waals surface area contributed by atoms with E-state index in [0.717, 1.165) is 0 Å². The highest BCUT2D eigenvalue weighted by Crippen LogP contribution is 2.23. The van der Waals surface area contributed by atoms with Gasteiger partial charge in [-0.05, 0) is 23.8 Å². The Bertz CT molecular complexity index is 462. The van der Waals surface area contributed by atoms with Crippen LogP contribution in [0.15, 0.2) is 18.2 Å². The van der Waals surface area contributed by atoms with E-state index in [-0.39, 0.29) is 6.42 Å². The third kappa shape index (κ3) is 2.95. The van der Waals surface area contributed by atoms with Gasteiger partial charge < -0.3 is 10.2 Å². The van der Waals surface area contributed by atoms with E-state index in [1.54, 1.807) is 6.07 Å². The summed E-state index contributed by atoms with van der Waals surface area (Å²) in [5, 5.41) is 36.5. The second-order valence-electron chi connectivity index (χ2n) is 3.26. The Kier molecular flexibility index (Phi) is 4.28. The molecule has 2 unspecified atom stereocenters. The van der Waals surface area contributed by atoms with Crippen molar-refractivity contribution in [2.24, 2.45) is 0 Å². The van der Waals surface area contributed by atoms with E-state index in [0.29, 0.717) is 16.1 Å². The Morgan fingerprint density at radius 3 is 2.50 bits per heavy atom. The molecule has 0 bridgehead atoms. The molecule has 1 aromatic rings. The molecule has 2 atom stereocenters. The van der Waals surface area contributed by atoms with Gasteiger partial charge in [-0.15, -0.1) is 0 Å². The molecule has 4 nitrogen and oxygen atoms in total. The molecule has 0 saturated heterocycles. The highest BCUT2D eigenvalue weighted by atomic mass is 35.5. The highest BCUT2D eigenvalue weighted by molar-refractivity contribution is 6.30. The minimum absolute atomic E-state index is 0.185. The summed E-state index contributed by atoms with van der Waals surface area (Å²) < 4.78 is 0. The number of nitrogens with zero attached hydrogens (tertiary/aromatic N) is 2. The molecule has 0 aromatic heterocycles. The van der Waals surface area contributed by atoms with Crippen LogP contribution in [-0.4, -0.2) is 16.3 Å². The van der Waals surface area contributed by atoms with Gasteiger partial charge >= 0.3 is 0 Å². The molecule has 0 radical (unpaired) electrons. The summed E-state index contributed by atoms with van der Waals surface area (Å²) in [7, 11) is 0. The number of nitriles is 2. The van der Waals surface area contributed by atoms with Crippen LogP contribution in [0.4, 0.5) is 0 Å². The predicted molar refractivity (Wildman–Crippen MR) is 57.4 cm³/mol. The predicted octanol–water partition coefficient (Wildman–Crippen LogP) is 1.52. The molecule has 16 heavy (non-hydrogen) atoms. The molecule has 5 heteroatoms. The molecule has 0 spiro atoms. The topological polar surface area (TPSA) is 88.0 Å². The number of benzene rings is 1. The molecule has 0 aliphatic heterocycles. The zero-order chi connectivity index (χ0) is 12.1. The van der Waals surface area contributed by atoms with Crippen molar-refractivity contribution in [1.82, 2.24) is 0 Å². The van der Waals surface area contributed by atoms with Crippen molar-refractivity contribution in [2.75, 3.05) is 0 Å². The minimum Gasteiger partial charge on any atom is -0.389 e. The third-order valence-electron chi connectivity index (χ3n) is 2.06. The van der Waals surface area contributed by atoms with Gasteiger partial charge in [0, 0.05) is 5.02 Å². The highest BCUT2D eigenvalue weighted by Gasteiger charge is 2.18. The van der Waals surface area contributed by atoms with Crippen LogP contribution in [0, 0.1) is 22.7 Å². The number of aliphatic hydroxyl groups excluding tert-OH is 2. The molecule has 0 heterocycles. The molecule has 1 rings (SSSR count). The van der Waals surface area contributed by atoms with Gasteiger partial charge in [-0.3, -0.25) is 0 Å². The number of halogens is 1. The standard InChI is InChI=1S/C11H9ClN2O2/c12-9-4-7(6-14)3-8(5-9)11(16)10(15)1-2-13/h3-5,10-11,15-16H,1H2. The molecule has 1 aromatic carbocycles. The Balaban J connectivity index is 3.00. The van der Waals surface area contributed by atoms with E-state index in [1.165, 1.54) is 18.2 Å². The molecule has 2 N–H and O–H groups in total. The summed E-state index contributed by atoms with van der Waals surface area (Å²) in [6, 6.07) is 7.98. The van der Waals surface area contributed by atoms with Gasteiger partial charge in [0.15, 0.2) is 0 Å². The molecule has 0 fully saturated rings. The fraction of sp³-hybridized carbons (Fsp3) is 0.273. The summed E-state index contributed by atoms with van der Waals surface area (Å²) in [4.78, 5) is 0. The van der Waals surface area contributed by atoms with Gasteiger partial charge in [-0.25, -0.2) is 0 Å². The fourth-order valence-corrected chi connectivity index (χ4v) is 1.52. The first-order valence-electron chi connectivity index (χ1n) is 4.52. The van der Waals surface area contributed by atoms with Gasteiger partial charge in [-0.2, -0.15) is 10.5 Å². The lowest BCUT2D eigenvalue weighted by atomic mass is 10.0. The summed E-state index contributed by atoms with van der Waals surface area (Å²) in [5.74, 6) is 0. The second kappa shape index (κ2) is 5.48. The molecule has 0 amide bonds. The lowest BCUT2D eigenvalue weighted by Gasteiger charge is -2.15. The van der Waals surface area contributed by atoms with Crippen molar-refractivity contribution in [2.45, 2.75) is 18.6 Å². The van der Waals surface area contributed by atoms with Gasteiger partial charge in [0.25, 0.3) is 0 Å². The first-order chi connectivity index (χ1) is 7.58. The Morgan fingerprint density at radius 1 is 1.25 bits per heavy atom. The van der Waals surface area contributed by atoms with Crippen LogP contribution in [0.2, 0.25) is 5.02 Å². The van der Waals surface area contributed by atoms with Crippen molar-refractivity contribution < 1.29 is 10.2 Å². The Morgan fingerprint density at radius 2 is 1.94 bits per heavy atom. The van der Waals surface area contributed by atoms with Gasteiger partial charge in [-0.1, -0.05) is 11.6 Å².